The van der Waals surface area contributed by atoms with Gasteiger partial charge in [-0.05, 0) is 30.5 Å². The number of hydrogen-bond acceptors (Lipinski definition) is 3. The third kappa shape index (κ3) is 10.9. The van der Waals surface area contributed by atoms with Crippen LogP contribution in [0.15, 0.2) is 29.3 Å². The van der Waals surface area contributed by atoms with Gasteiger partial charge in [-0.2, -0.15) is 13.2 Å². The molecule has 0 atom stereocenters. The number of hydrogen-bond donors (Lipinski definition) is 3. The summed E-state index contributed by atoms with van der Waals surface area (Å²) in [7, 11) is 1.63. The number of aliphatic imine (C=N–C) groups is 1. The highest BCUT2D eigenvalue weighted by atomic mass is 127. The van der Waals surface area contributed by atoms with Crippen LogP contribution in [0.1, 0.15) is 44.1 Å². The molecule has 0 radical (unpaired) electrons. The second-order valence-corrected chi connectivity index (χ2v) is 7.05. The Morgan fingerprint density at radius 3 is 2.40 bits per heavy atom. The Hall–Kier alpha value is -1.72. The fourth-order valence-electron chi connectivity index (χ4n) is 3.12. The second kappa shape index (κ2) is 13.6. The van der Waals surface area contributed by atoms with Gasteiger partial charge in [-0.3, -0.25) is 9.79 Å². The Morgan fingerprint density at radius 2 is 1.80 bits per heavy atom. The van der Waals surface area contributed by atoms with E-state index >= 15 is 0 Å². The zero-order valence-electron chi connectivity index (χ0n) is 17.1. The van der Waals surface area contributed by atoms with E-state index in [2.05, 4.69) is 25.7 Å². The van der Waals surface area contributed by atoms with Crippen molar-refractivity contribution in [2.24, 2.45) is 4.99 Å². The molecule has 0 saturated heterocycles. The molecule has 1 aliphatic carbocycles. The average Bonchev–Trinajstić information content (AvgIpc) is 2.70. The number of nitrogens with zero attached hydrogens (tertiary/aromatic N) is 1. The molecule has 10 heteroatoms. The smallest absolute Gasteiger partial charge is 0.422 e. The molecule has 0 spiro atoms. The first kappa shape index (κ1) is 26.3. The molecule has 1 amide bonds. The number of alkyl halides is 3. The van der Waals surface area contributed by atoms with Crippen LogP contribution in [0.2, 0.25) is 0 Å². The molecule has 1 aromatic carbocycles. The van der Waals surface area contributed by atoms with Gasteiger partial charge in [0, 0.05) is 32.6 Å². The molecule has 0 aromatic heterocycles. The van der Waals surface area contributed by atoms with Crippen LogP contribution in [-0.4, -0.2) is 44.3 Å². The van der Waals surface area contributed by atoms with Crippen molar-refractivity contribution in [1.82, 2.24) is 16.0 Å². The fourth-order valence-corrected chi connectivity index (χ4v) is 3.12. The number of carbonyl (C=O) groups excluding carboxylic acids is 1. The molecule has 6 nitrogen and oxygen atoms in total. The van der Waals surface area contributed by atoms with Gasteiger partial charge in [-0.15, -0.1) is 24.0 Å². The van der Waals surface area contributed by atoms with Crippen LogP contribution in [0.5, 0.6) is 5.75 Å². The van der Waals surface area contributed by atoms with Crippen molar-refractivity contribution < 1.29 is 22.7 Å². The number of nitrogens with one attached hydrogen (secondary N) is 3. The van der Waals surface area contributed by atoms with E-state index in [0.717, 1.165) is 18.4 Å². The zero-order chi connectivity index (χ0) is 21.1. The highest BCUT2D eigenvalue weighted by Gasteiger charge is 2.28. The van der Waals surface area contributed by atoms with Gasteiger partial charge in [0.25, 0.3) is 0 Å². The van der Waals surface area contributed by atoms with Crippen molar-refractivity contribution in [3.8, 4) is 5.75 Å². The number of ether oxygens (including phenoxy) is 1. The predicted octanol–water partition coefficient (Wildman–Crippen LogP) is 3.75. The van der Waals surface area contributed by atoms with Gasteiger partial charge in [0.2, 0.25) is 5.91 Å². The summed E-state index contributed by atoms with van der Waals surface area (Å²) in [5.74, 6) is 0.750. The second-order valence-electron chi connectivity index (χ2n) is 7.05. The lowest BCUT2D eigenvalue weighted by atomic mass is 9.95. The molecular formula is C20H30F3IN4O2. The van der Waals surface area contributed by atoms with Crippen LogP contribution in [0, 0.1) is 0 Å². The maximum Gasteiger partial charge on any atom is 0.422 e. The van der Waals surface area contributed by atoms with Crippen molar-refractivity contribution in [3.05, 3.63) is 29.8 Å². The minimum atomic E-state index is -4.36. The lowest BCUT2D eigenvalue weighted by molar-refractivity contribution is -0.153. The van der Waals surface area contributed by atoms with E-state index in [1.165, 1.54) is 31.4 Å². The van der Waals surface area contributed by atoms with Crippen molar-refractivity contribution >= 4 is 35.8 Å². The molecular weight excluding hydrogens is 512 g/mol. The normalized spacial score (nSPS) is 15.1. The lowest BCUT2D eigenvalue weighted by Gasteiger charge is -2.22. The number of carbonyl (C=O) groups is 1. The molecule has 3 N–H and O–H groups in total. The van der Waals surface area contributed by atoms with E-state index in [9.17, 15) is 18.0 Å². The van der Waals surface area contributed by atoms with Crippen LogP contribution < -0.4 is 20.7 Å². The van der Waals surface area contributed by atoms with E-state index in [4.69, 9.17) is 0 Å². The molecule has 0 bridgehead atoms. The van der Waals surface area contributed by atoms with Crippen LogP contribution in [0.3, 0.4) is 0 Å². The molecule has 1 aromatic rings. The van der Waals surface area contributed by atoms with Gasteiger partial charge in [0.05, 0.1) is 0 Å². The summed E-state index contributed by atoms with van der Waals surface area (Å²) in [6.07, 6.45) is 1.72. The topological polar surface area (TPSA) is 74.8 Å². The Kier molecular flexibility index (Phi) is 11.9. The quantitative estimate of drug-likeness (QED) is 0.266. The first-order chi connectivity index (χ1) is 13.9. The Bertz CT molecular complexity index is 663. The summed E-state index contributed by atoms with van der Waals surface area (Å²) in [5.41, 5.74) is 0.863. The maximum absolute atomic E-state index is 12.2. The summed E-state index contributed by atoms with van der Waals surface area (Å²) in [5, 5.41) is 9.26. The molecule has 1 aliphatic rings. The van der Waals surface area contributed by atoms with Crippen molar-refractivity contribution in [2.45, 2.75) is 57.3 Å². The minimum absolute atomic E-state index is 0. The van der Waals surface area contributed by atoms with E-state index in [1.54, 1.807) is 19.2 Å². The fraction of sp³-hybridized carbons (Fsp3) is 0.600. The van der Waals surface area contributed by atoms with E-state index in [-0.39, 0.29) is 35.6 Å². The molecule has 0 heterocycles. The minimum Gasteiger partial charge on any atom is -0.484 e. The van der Waals surface area contributed by atoms with Crippen LogP contribution >= 0.6 is 24.0 Å². The Balaban J connectivity index is 0.00000450. The number of guanidine groups is 1. The van der Waals surface area contributed by atoms with Crippen molar-refractivity contribution in [1.29, 1.82) is 0 Å². The molecule has 1 saturated carbocycles. The van der Waals surface area contributed by atoms with Crippen molar-refractivity contribution in [3.63, 3.8) is 0 Å². The Labute approximate surface area is 192 Å². The third-order valence-electron chi connectivity index (χ3n) is 4.62. The summed E-state index contributed by atoms with van der Waals surface area (Å²) in [4.78, 5) is 16.1. The van der Waals surface area contributed by atoms with Gasteiger partial charge in [0.15, 0.2) is 12.6 Å². The zero-order valence-corrected chi connectivity index (χ0v) is 19.4. The SMILES string of the molecule is CN=C(NCCC(=O)NC1CCCCC1)NCc1ccc(OCC(F)(F)F)cc1.I. The summed E-state index contributed by atoms with van der Waals surface area (Å²) < 4.78 is 41.2. The first-order valence-corrected chi connectivity index (χ1v) is 9.88. The number of halogens is 4. The molecule has 170 valence electrons. The highest BCUT2D eigenvalue weighted by Crippen LogP contribution is 2.19. The molecule has 0 unspecified atom stereocenters. The Morgan fingerprint density at radius 1 is 1.13 bits per heavy atom. The number of amides is 1. The van der Waals surface area contributed by atoms with Crippen LogP contribution in [-0.2, 0) is 11.3 Å². The summed E-state index contributed by atoms with van der Waals surface area (Å²) >= 11 is 0. The molecule has 2 rings (SSSR count). The average molecular weight is 542 g/mol. The van der Waals surface area contributed by atoms with Gasteiger partial charge >= 0.3 is 6.18 Å². The lowest BCUT2D eigenvalue weighted by Crippen LogP contribution is -2.41. The largest absolute Gasteiger partial charge is 0.484 e. The van der Waals surface area contributed by atoms with E-state index in [0.29, 0.717) is 31.5 Å². The van der Waals surface area contributed by atoms with Gasteiger partial charge in [-0.25, -0.2) is 0 Å². The van der Waals surface area contributed by atoms with Gasteiger partial charge < -0.3 is 20.7 Å². The van der Waals surface area contributed by atoms with Crippen LogP contribution in [0.4, 0.5) is 13.2 Å². The van der Waals surface area contributed by atoms with E-state index < -0.39 is 12.8 Å². The van der Waals surface area contributed by atoms with Crippen LogP contribution in [0.25, 0.3) is 0 Å². The summed E-state index contributed by atoms with van der Waals surface area (Å²) in [6.45, 7) is -0.411. The number of benzene rings is 1. The van der Waals surface area contributed by atoms with Crippen molar-refractivity contribution in [2.75, 3.05) is 20.2 Å². The van der Waals surface area contributed by atoms with E-state index in [1.807, 2.05) is 0 Å². The first-order valence-electron chi connectivity index (χ1n) is 9.88. The summed E-state index contributed by atoms with van der Waals surface area (Å²) in [6, 6.07) is 6.66. The monoisotopic (exact) mass is 542 g/mol. The third-order valence-corrected chi connectivity index (χ3v) is 4.62. The number of rotatable bonds is 8. The van der Waals surface area contributed by atoms with Gasteiger partial charge in [0.1, 0.15) is 5.75 Å². The maximum atomic E-state index is 12.2. The van der Waals surface area contributed by atoms with Gasteiger partial charge in [-0.1, -0.05) is 31.4 Å². The predicted molar refractivity (Wildman–Crippen MR) is 121 cm³/mol. The molecule has 30 heavy (non-hydrogen) atoms. The standard InChI is InChI=1S/C20H29F3N4O2.HI/c1-24-19(25-12-11-18(28)27-16-5-3-2-4-6-16)26-13-15-7-9-17(10-8-15)29-14-20(21,22)23;/h7-10,16H,2-6,11-14H2,1H3,(H,27,28)(H2,24,25,26);1H. The molecule has 0 aliphatic heterocycles. The highest BCUT2D eigenvalue weighted by molar-refractivity contribution is 14.0. The molecule has 1 fully saturated rings.